The highest BCUT2D eigenvalue weighted by Crippen LogP contribution is 2.32. The molecule has 2 aromatic carbocycles. The maximum Gasteiger partial charge on any atom is 0.178 e. The molecule has 1 atom stereocenters. The molecule has 1 heterocycles. The van der Waals surface area contributed by atoms with Crippen LogP contribution in [0.1, 0.15) is 12.5 Å². The van der Waals surface area contributed by atoms with E-state index < -0.39 is 0 Å². The molecule has 1 N–H and O–H groups in total. The average molecular weight is 298 g/mol. The summed E-state index contributed by atoms with van der Waals surface area (Å²) in [5, 5.41) is 4.03. The van der Waals surface area contributed by atoms with Gasteiger partial charge in [0.05, 0.1) is 7.11 Å². The Kier molecular flexibility index (Phi) is 3.80. The average Bonchev–Trinajstić information content (AvgIpc) is 2.83. The van der Waals surface area contributed by atoms with Crippen LogP contribution < -0.4 is 15.0 Å². The summed E-state index contributed by atoms with van der Waals surface area (Å²) < 4.78 is 5.24. The van der Waals surface area contributed by atoms with Crippen LogP contribution in [0.15, 0.2) is 48.5 Å². The highest BCUT2D eigenvalue weighted by Gasteiger charge is 2.28. The van der Waals surface area contributed by atoms with Crippen molar-refractivity contribution in [2.24, 2.45) is 0 Å². The number of nitrogens with one attached hydrogen (secondary N) is 1. The second-order valence-electron chi connectivity index (χ2n) is 5.21. The lowest BCUT2D eigenvalue weighted by molar-refractivity contribution is 0.415. The van der Waals surface area contributed by atoms with Crippen molar-refractivity contribution in [3.8, 4) is 5.75 Å². The largest absolute Gasteiger partial charge is 0.497 e. The van der Waals surface area contributed by atoms with Crippen LogP contribution in [0.2, 0.25) is 0 Å². The van der Waals surface area contributed by atoms with E-state index in [0.29, 0.717) is 6.04 Å². The lowest BCUT2D eigenvalue weighted by Crippen LogP contribution is -2.38. The number of para-hydroxylation sites is 1. The minimum atomic E-state index is 0.369. The first-order chi connectivity index (χ1) is 10.2. The van der Waals surface area contributed by atoms with Gasteiger partial charge in [0, 0.05) is 23.5 Å². The number of thiocarbonyl (C=S) groups is 1. The van der Waals surface area contributed by atoms with Crippen LogP contribution in [0.3, 0.4) is 0 Å². The lowest BCUT2D eigenvalue weighted by atomic mass is 10.1. The van der Waals surface area contributed by atoms with Crippen LogP contribution in [-0.2, 0) is 6.42 Å². The molecule has 2 aromatic rings. The molecule has 0 fully saturated rings. The molecule has 1 aliphatic rings. The molecule has 0 unspecified atom stereocenters. The number of rotatable bonds is 2. The molecule has 0 aliphatic carbocycles. The van der Waals surface area contributed by atoms with Crippen LogP contribution in [0.25, 0.3) is 0 Å². The molecule has 0 spiro atoms. The Bertz CT molecular complexity index is 671. The zero-order chi connectivity index (χ0) is 14.8. The number of hydrogen-bond donors (Lipinski definition) is 1. The number of fused-ring (bicyclic) bond motifs is 1. The number of anilines is 2. The van der Waals surface area contributed by atoms with Gasteiger partial charge in [0.2, 0.25) is 0 Å². The van der Waals surface area contributed by atoms with Crippen LogP contribution in [0.4, 0.5) is 11.4 Å². The van der Waals surface area contributed by atoms with E-state index in [0.717, 1.165) is 23.0 Å². The lowest BCUT2D eigenvalue weighted by Gasteiger charge is -2.26. The van der Waals surface area contributed by atoms with Gasteiger partial charge in [0.15, 0.2) is 5.11 Å². The zero-order valence-corrected chi connectivity index (χ0v) is 13.0. The van der Waals surface area contributed by atoms with Crippen LogP contribution in [0.5, 0.6) is 5.75 Å². The molecule has 21 heavy (non-hydrogen) atoms. The molecule has 1 aliphatic heterocycles. The van der Waals surface area contributed by atoms with E-state index in [4.69, 9.17) is 17.0 Å². The SMILES string of the molecule is COc1cccc(NC(=S)N2c3ccccc3C[C@@H]2C)c1. The first-order valence-electron chi connectivity index (χ1n) is 7.01. The van der Waals surface area contributed by atoms with E-state index in [2.05, 4.69) is 41.4 Å². The normalized spacial score (nSPS) is 16.5. The number of nitrogens with zero attached hydrogens (tertiary/aromatic N) is 1. The first kappa shape index (κ1) is 13.9. The molecular formula is C17H18N2OS. The zero-order valence-electron chi connectivity index (χ0n) is 12.2. The smallest absolute Gasteiger partial charge is 0.178 e. The Balaban J connectivity index is 1.82. The van der Waals surface area contributed by atoms with Gasteiger partial charge in [0.1, 0.15) is 5.75 Å². The summed E-state index contributed by atoms with van der Waals surface area (Å²) in [6.45, 7) is 2.19. The summed E-state index contributed by atoms with van der Waals surface area (Å²) >= 11 is 5.60. The van der Waals surface area contributed by atoms with Gasteiger partial charge in [-0.1, -0.05) is 24.3 Å². The van der Waals surface area contributed by atoms with Crippen molar-refractivity contribution in [3.05, 3.63) is 54.1 Å². The van der Waals surface area contributed by atoms with E-state index >= 15 is 0 Å². The van der Waals surface area contributed by atoms with Crippen molar-refractivity contribution in [1.29, 1.82) is 0 Å². The van der Waals surface area contributed by atoms with Gasteiger partial charge in [-0.2, -0.15) is 0 Å². The fourth-order valence-electron chi connectivity index (χ4n) is 2.76. The second-order valence-corrected chi connectivity index (χ2v) is 5.60. The maximum atomic E-state index is 5.60. The maximum absolute atomic E-state index is 5.60. The van der Waals surface area contributed by atoms with Gasteiger partial charge in [-0.3, -0.25) is 0 Å². The Morgan fingerprint density at radius 1 is 1.24 bits per heavy atom. The Hall–Kier alpha value is -2.07. The summed E-state index contributed by atoms with van der Waals surface area (Å²) in [4.78, 5) is 2.18. The molecule has 0 radical (unpaired) electrons. The van der Waals surface area contributed by atoms with E-state index in [1.807, 2.05) is 24.3 Å². The van der Waals surface area contributed by atoms with E-state index in [9.17, 15) is 0 Å². The predicted octanol–water partition coefficient (Wildman–Crippen LogP) is 3.84. The van der Waals surface area contributed by atoms with Crippen molar-refractivity contribution in [3.63, 3.8) is 0 Å². The molecule has 0 saturated heterocycles. The monoisotopic (exact) mass is 298 g/mol. The quantitative estimate of drug-likeness (QED) is 0.851. The second kappa shape index (κ2) is 5.74. The summed E-state index contributed by atoms with van der Waals surface area (Å²) in [7, 11) is 1.66. The summed E-state index contributed by atoms with van der Waals surface area (Å²) in [5.74, 6) is 0.817. The number of hydrogen-bond acceptors (Lipinski definition) is 2. The molecule has 108 valence electrons. The van der Waals surface area contributed by atoms with Crippen LogP contribution in [-0.4, -0.2) is 18.3 Å². The molecule has 0 saturated carbocycles. The highest BCUT2D eigenvalue weighted by atomic mass is 32.1. The van der Waals surface area contributed by atoms with E-state index in [-0.39, 0.29) is 0 Å². The van der Waals surface area contributed by atoms with Crippen LogP contribution in [0, 0.1) is 0 Å². The fourth-order valence-corrected chi connectivity index (χ4v) is 3.16. The van der Waals surface area contributed by atoms with Crippen molar-refractivity contribution >= 4 is 28.7 Å². The third kappa shape index (κ3) is 2.72. The standard InChI is InChI=1S/C17H18N2OS/c1-12-10-13-6-3-4-9-16(13)19(12)17(21)18-14-7-5-8-15(11-14)20-2/h3-9,11-12H,10H2,1-2H3,(H,18,21)/t12-/m0/s1. The number of benzene rings is 2. The van der Waals surface area contributed by atoms with Gasteiger partial charge in [0.25, 0.3) is 0 Å². The summed E-state index contributed by atoms with van der Waals surface area (Å²) in [6.07, 6.45) is 1.02. The summed E-state index contributed by atoms with van der Waals surface area (Å²) in [6, 6.07) is 16.6. The van der Waals surface area contributed by atoms with Crippen LogP contribution >= 0.6 is 12.2 Å². The number of methoxy groups -OCH3 is 1. The molecule has 3 rings (SSSR count). The van der Waals surface area contributed by atoms with Gasteiger partial charge < -0.3 is 15.0 Å². The molecule has 0 amide bonds. The van der Waals surface area contributed by atoms with E-state index in [1.54, 1.807) is 7.11 Å². The molecule has 3 nitrogen and oxygen atoms in total. The predicted molar refractivity (Wildman–Crippen MR) is 91.3 cm³/mol. The van der Waals surface area contributed by atoms with Gasteiger partial charge >= 0.3 is 0 Å². The molecule has 0 aromatic heterocycles. The van der Waals surface area contributed by atoms with Gasteiger partial charge in [-0.15, -0.1) is 0 Å². The Morgan fingerprint density at radius 2 is 2.05 bits per heavy atom. The van der Waals surface area contributed by atoms with Crippen molar-refractivity contribution in [2.45, 2.75) is 19.4 Å². The van der Waals surface area contributed by atoms with Crippen molar-refractivity contribution in [1.82, 2.24) is 0 Å². The van der Waals surface area contributed by atoms with Gasteiger partial charge in [-0.05, 0) is 49.3 Å². The van der Waals surface area contributed by atoms with Gasteiger partial charge in [-0.25, -0.2) is 0 Å². The molecular weight excluding hydrogens is 280 g/mol. The third-order valence-electron chi connectivity index (χ3n) is 3.75. The number of ether oxygens (including phenoxy) is 1. The highest BCUT2D eigenvalue weighted by molar-refractivity contribution is 7.80. The third-order valence-corrected chi connectivity index (χ3v) is 4.05. The Labute approximate surface area is 130 Å². The minimum Gasteiger partial charge on any atom is -0.497 e. The van der Waals surface area contributed by atoms with E-state index in [1.165, 1.54) is 11.3 Å². The Morgan fingerprint density at radius 3 is 2.86 bits per heavy atom. The topological polar surface area (TPSA) is 24.5 Å². The van der Waals surface area contributed by atoms with Crippen molar-refractivity contribution < 1.29 is 4.74 Å². The first-order valence-corrected chi connectivity index (χ1v) is 7.42. The van der Waals surface area contributed by atoms with Crippen molar-refractivity contribution in [2.75, 3.05) is 17.3 Å². The summed E-state index contributed by atoms with van der Waals surface area (Å²) in [5.41, 5.74) is 3.49. The molecule has 0 bridgehead atoms. The minimum absolute atomic E-state index is 0.369. The molecule has 4 heteroatoms. The fraction of sp³-hybridized carbons (Fsp3) is 0.235.